The van der Waals surface area contributed by atoms with Crippen LogP contribution in [-0.4, -0.2) is 45.8 Å². The molecule has 2 aromatic rings. The van der Waals surface area contributed by atoms with Gasteiger partial charge in [-0.1, -0.05) is 6.07 Å². The molecule has 1 fully saturated rings. The number of imidazole rings is 1. The number of aryl methyl sites for hydroxylation is 1. The number of benzene rings is 1. The van der Waals surface area contributed by atoms with Gasteiger partial charge < -0.3 is 14.6 Å². The fourth-order valence-electron chi connectivity index (χ4n) is 2.90. The first-order valence-corrected chi connectivity index (χ1v) is 7.96. The second-order valence-corrected chi connectivity index (χ2v) is 7.00. The molecule has 1 aliphatic heterocycles. The van der Waals surface area contributed by atoms with Gasteiger partial charge in [0.05, 0.1) is 23.4 Å². The number of piperazine rings is 1. The van der Waals surface area contributed by atoms with E-state index >= 15 is 0 Å². The Kier molecular flexibility index (Phi) is 4.02. The number of nitrogens with one attached hydrogen (secondary N) is 1. The van der Waals surface area contributed by atoms with E-state index in [9.17, 15) is 4.79 Å². The van der Waals surface area contributed by atoms with Gasteiger partial charge in [-0.3, -0.25) is 4.90 Å². The highest BCUT2D eigenvalue weighted by Crippen LogP contribution is 2.26. The Balaban J connectivity index is 1.89. The Morgan fingerprint density at radius 1 is 1.39 bits per heavy atom. The summed E-state index contributed by atoms with van der Waals surface area (Å²) in [5.74, 6) is 0. The molecule has 1 saturated heterocycles. The molecule has 0 aliphatic carbocycles. The summed E-state index contributed by atoms with van der Waals surface area (Å²) >= 11 is 0. The van der Waals surface area contributed by atoms with Gasteiger partial charge in [0, 0.05) is 26.7 Å². The number of ether oxygens (including phenoxy) is 1. The molecule has 1 aliphatic rings. The van der Waals surface area contributed by atoms with Crippen LogP contribution in [0, 0.1) is 0 Å². The Morgan fingerprint density at radius 3 is 2.91 bits per heavy atom. The van der Waals surface area contributed by atoms with Crippen molar-refractivity contribution >= 4 is 17.1 Å². The van der Waals surface area contributed by atoms with Gasteiger partial charge in [0.15, 0.2) is 0 Å². The molecule has 124 valence electrons. The van der Waals surface area contributed by atoms with Gasteiger partial charge in [0.2, 0.25) is 0 Å². The fourth-order valence-corrected chi connectivity index (χ4v) is 2.90. The van der Waals surface area contributed by atoms with Crippen LogP contribution in [0.25, 0.3) is 11.0 Å². The molecule has 1 aromatic heterocycles. The van der Waals surface area contributed by atoms with E-state index < -0.39 is 5.60 Å². The molecule has 2 heterocycles. The van der Waals surface area contributed by atoms with E-state index in [4.69, 9.17) is 4.74 Å². The van der Waals surface area contributed by atoms with Gasteiger partial charge in [-0.05, 0) is 38.5 Å². The van der Waals surface area contributed by atoms with Crippen LogP contribution in [0.15, 0.2) is 24.5 Å². The zero-order chi connectivity index (χ0) is 16.6. The van der Waals surface area contributed by atoms with Crippen LogP contribution < -0.4 is 5.32 Å². The average Bonchev–Trinajstić information content (AvgIpc) is 2.86. The number of carbonyl (C=O) groups is 1. The SMILES string of the molecule is Cn1cnc2cc(C3CNCCN3C(=O)OC(C)(C)C)ccc21. The summed E-state index contributed by atoms with van der Waals surface area (Å²) in [7, 11) is 1.98. The van der Waals surface area contributed by atoms with Crippen LogP contribution in [0.2, 0.25) is 0 Å². The van der Waals surface area contributed by atoms with Gasteiger partial charge in [-0.25, -0.2) is 9.78 Å². The van der Waals surface area contributed by atoms with Crippen molar-refractivity contribution in [1.29, 1.82) is 0 Å². The van der Waals surface area contributed by atoms with Crippen LogP contribution in [0.3, 0.4) is 0 Å². The highest BCUT2D eigenvalue weighted by atomic mass is 16.6. The summed E-state index contributed by atoms with van der Waals surface area (Å²) < 4.78 is 7.55. The van der Waals surface area contributed by atoms with E-state index in [1.54, 1.807) is 6.33 Å². The number of rotatable bonds is 1. The molecular formula is C17H24N4O2. The largest absolute Gasteiger partial charge is 0.444 e. The molecular weight excluding hydrogens is 292 g/mol. The summed E-state index contributed by atoms with van der Waals surface area (Å²) in [6, 6.07) is 6.15. The van der Waals surface area contributed by atoms with Crippen molar-refractivity contribution in [1.82, 2.24) is 19.8 Å². The smallest absolute Gasteiger partial charge is 0.410 e. The average molecular weight is 316 g/mol. The van der Waals surface area contributed by atoms with E-state index in [-0.39, 0.29) is 12.1 Å². The summed E-state index contributed by atoms with van der Waals surface area (Å²) in [5, 5.41) is 3.36. The van der Waals surface area contributed by atoms with Crippen LogP contribution in [0.4, 0.5) is 4.79 Å². The summed E-state index contributed by atoms with van der Waals surface area (Å²) in [6.45, 7) is 7.81. The Hall–Kier alpha value is -2.08. The molecule has 1 aromatic carbocycles. The molecule has 1 atom stereocenters. The summed E-state index contributed by atoms with van der Waals surface area (Å²) in [6.07, 6.45) is 1.55. The van der Waals surface area contributed by atoms with Crippen LogP contribution >= 0.6 is 0 Å². The second-order valence-electron chi connectivity index (χ2n) is 7.00. The van der Waals surface area contributed by atoms with Crippen LogP contribution in [0.5, 0.6) is 0 Å². The first kappa shape index (κ1) is 15.8. The highest BCUT2D eigenvalue weighted by Gasteiger charge is 2.31. The molecule has 23 heavy (non-hydrogen) atoms. The maximum absolute atomic E-state index is 12.5. The maximum atomic E-state index is 12.5. The number of carbonyl (C=O) groups excluding carboxylic acids is 1. The lowest BCUT2D eigenvalue weighted by Gasteiger charge is -2.37. The van der Waals surface area contributed by atoms with E-state index in [0.717, 1.165) is 29.7 Å². The molecule has 0 radical (unpaired) electrons. The number of nitrogens with zero attached hydrogens (tertiary/aromatic N) is 3. The quantitative estimate of drug-likeness (QED) is 0.878. The first-order valence-electron chi connectivity index (χ1n) is 7.96. The van der Waals surface area contributed by atoms with Crippen LogP contribution in [-0.2, 0) is 11.8 Å². The maximum Gasteiger partial charge on any atom is 0.410 e. The number of hydrogen-bond acceptors (Lipinski definition) is 4. The molecule has 1 unspecified atom stereocenters. The summed E-state index contributed by atoms with van der Waals surface area (Å²) in [5.41, 5.74) is 2.62. The highest BCUT2D eigenvalue weighted by molar-refractivity contribution is 5.76. The lowest BCUT2D eigenvalue weighted by molar-refractivity contribution is 0.0118. The van der Waals surface area contributed by atoms with E-state index in [2.05, 4.69) is 28.5 Å². The van der Waals surface area contributed by atoms with E-state index in [1.807, 2.05) is 37.3 Å². The van der Waals surface area contributed by atoms with Crippen molar-refractivity contribution in [2.45, 2.75) is 32.4 Å². The molecule has 0 saturated carbocycles. The zero-order valence-electron chi connectivity index (χ0n) is 14.2. The molecule has 6 heteroatoms. The van der Waals surface area contributed by atoms with E-state index in [0.29, 0.717) is 6.54 Å². The lowest BCUT2D eigenvalue weighted by Crippen LogP contribution is -2.50. The molecule has 0 spiro atoms. The van der Waals surface area contributed by atoms with Crippen molar-refractivity contribution in [3.05, 3.63) is 30.1 Å². The van der Waals surface area contributed by atoms with Crippen molar-refractivity contribution in [2.24, 2.45) is 7.05 Å². The van der Waals surface area contributed by atoms with Crippen molar-refractivity contribution in [3.63, 3.8) is 0 Å². The molecule has 1 amide bonds. The lowest BCUT2D eigenvalue weighted by atomic mass is 10.0. The van der Waals surface area contributed by atoms with Gasteiger partial charge in [-0.2, -0.15) is 0 Å². The first-order chi connectivity index (χ1) is 10.8. The van der Waals surface area contributed by atoms with Crippen molar-refractivity contribution in [2.75, 3.05) is 19.6 Å². The van der Waals surface area contributed by atoms with Gasteiger partial charge >= 0.3 is 6.09 Å². The number of aromatic nitrogens is 2. The molecule has 0 bridgehead atoms. The topological polar surface area (TPSA) is 59.4 Å². The standard InChI is InChI=1S/C17H24N4O2/c1-17(2,3)23-16(22)21-8-7-18-10-15(21)12-5-6-14-13(9-12)19-11-20(14)4/h5-6,9,11,15,18H,7-8,10H2,1-4H3. The molecule has 3 rings (SSSR count). The Bertz CT molecular complexity index is 717. The monoisotopic (exact) mass is 316 g/mol. The van der Waals surface area contributed by atoms with E-state index in [1.165, 1.54) is 0 Å². The van der Waals surface area contributed by atoms with Crippen LogP contribution in [0.1, 0.15) is 32.4 Å². The van der Waals surface area contributed by atoms with Crippen molar-refractivity contribution in [3.8, 4) is 0 Å². The third-order valence-corrected chi connectivity index (χ3v) is 4.01. The molecule has 6 nitrogen and oxygen atoms in total. The minimum atomic E-state index is -0.489. The summed E-state index contributed by atoms with van der Waals surface area (Å²) in [4.78, 5) is 18.7. The normalized spacial score (nSPS) is 19.1. The number of fused-ring (bicyclic) bond motifs is 1. The Labute approximate surface area is 136 Å². The minimum Gasteiger partial charge on any atom is -0.444 e. The van der Waals surface area contributed by atoms with Gasteiger partial charge in [0.25, 0.3) is 0 Å². The predicted molar refractivity (Wildman–Crippen MR) is 89.3 cm³/mol. The Morgan fingerprint density at radius 2 is 2.17 bits per heavy atom. The fraction of sp³-hybridized carbons (Fsp3) is 0.529. The van der Waals surface area contributed by atoms with Crippen molar-refractivity contribution < 1.29 is 9.53 Å². The third-order valence-electron chi connectivity index (χ3n) is 4.01. The minimum absolute atomic E-state index is 0.0370. The number of amides is 1. The van der Waals surface area contributed by atoms with Gasteiger partial charge in [-0.15, -0.1) is 0 Å². The number of hydrogen-bond donors (Lipinski definition) is 1. The second kappa shape index (κ2) is 5.85. The molecule has 1 N–H and O–H groups in total. The zero-order valence-corrected chi connectivity index (χ0v) is 14.2. The van der Waals surface area contributed by atoms with Gasteiger partial charge in [0.1, 0.15) is 5.60 Å². The predicted octanol–water partition coefficient (Wildman–Crippen LogP) is 2.45. The third kappa shape index (κ3) is 3.32.